The summed E-state index contributed by atoms with van der Waals surface area (Å²) in [7, 11) is 0. The first-order chi connectivity index (χ1) is 8.81. The van der Waals surface area contributed by atoms with Crippen LogP contribution in [0.4, 0.5) is 0 Å². The highest BCUT2D eigenvalue weighted by molar-refractivity contribution is 9.10. The van der Waals surface area contributed by atoms with Crippen LogP contribution in [0.5, 0.6) is 0 Å². The highest BCUT2D eigenvalue weighted by Crippen LogP contribution is 2.35. The molecule has 0 amide bonds. The van der Waals surface area contributed by atoms with Gasteiger partial charge in [-0.15, -0.1) is 0 Å². The van der Waals surface area contributed by atoms with Crippen molar-refractivity contribution in [2.24, 2.45) is 0 Å². The van der Waals surface area contributed by atoms with Crippen LogP contribution in [0.15, 0.2) is 53.1 Å². The van der Waals surface area contributed by atoms with Crippen LogP contribution in [0.3, 0.4) is 0 Å². The number of aromatic nitrogens is 1. The minimum atomic E-state index is 0.679. The van der Waals surface area contributed by atoms with Crippen molar-refractivity contribution in [1.29, 1.82) is 5.26 Å². The van der Waals surface area contributed by atoms with E-state index in [4.69, 9.17) is 0 Å². The topological polar surface area (TPSA) is 39.6 Å². The molecule has 0 bridgehead atoms. The van der Waals surface area contributed by atoms with E-state index < -0.39 is 0 Å². The van der Waals surface area contributed by atoms with Crippen LogP contribution in [0.25, 0.3) is 22.0 Å². The third-order valence-corrected chi connectivity index (χ3v) is 3.66. The molecular weight excluding hydrogens is 288 g/mol. The van der Waals surface area contributed by atoms with Gasteiger partial charge in [-0.1, -0.05) is 34.1 Å². The van der Waals surface area contributed by atoms with E-state index in [1.807, 2.05) is 48.7 Å². The molecule has 1 aromatic heterocycles. The Morgan fingerprint density at radius 1 is 1.06 bits per heavy atom. The molecule has 0 radical (unpaired) electrons. The van der Waals surface area contributed by atoms with Gasteiger partial charge in [0, 0.05) is 27.1 Å². The van der Waals surface area contributed by atoms with E-state index in [0.717, 1.165) is 26.5 Å². The molecule has 0 aliphatic heterocycles. The fourth-order valence-electron chi connectivity index (χ4n) is 2.19. The Kier molecular flexibility index (Phi) is 2.66. The lowest BCUT2D eigenvalue weighted by Gasteiger charge is -2.08. The second-order valence-corrected chi connectivity index (χ2v) is 4.87. The van der Waals surface area contributed by atoms with Crippen LogP contribution < -0.4 is 0 Å². The number of H-pyrrole nitrogens is 1. The molecule has 0 aliphatic carbocycles. The number of aromatic amines is 1. The van der Waals surface area contributed by atoms with E-state index in [-0.39, 0.29) is 0 Å². The molecule has 0 unspecified atom stereocenters. The summed E-state index contributed by atoms with van der Waals surface area (Å²) in [4.78, 5) is 3.19. The van der Waals surface area contributed by atoms with Crippen LogP contribution in [-0.2, 0) is 0 Å². The second kappa shape index (κ2) is 4.32. The van der Waals surface area contributed by atoms with E-state index in [0.29, 0.717) is 5.56 Å². The van der Waals surface area contributed by atoms with Crippen molar-refractivity contribution >= 4 is 26.8 Å². The van der Waals surface area contributed by atoms with Gasteiger partial charge in [0.15, 0.2) is 0 Å². The van der Waals surface area contributed by atoms with Gasteiger partial charge in [0.2, 0.25) is 0 Å². The summed E-state index contributed by atoms with van der Waals surface area (Å²) < 4.78 is 0.940. The lowest BCUT2D eigenvalue weighted by Crippen LogP contribution is -1.86. The van der Waals surface area contributed by atoms with Crippen LogP contribution in [0.1, 0.15) is 5.56 Å². The minimum absolute atomic E-state index is 0.679. The van der Waals surface area contributed by atoms with Gasteiger partial charge < -0.3 is 4.98 Å². The number of hydrogen-bond acceptors (Lipinski definition) is 1. The zero-order chi connectivity index (χ0) is 12.5. The quantitative estimate of drug-likeness (QED) is 0.707. The van der Waals surface area contributed by atoms with Gasteiger partial charge in [-0.25, -0.2) is 0 Å². The molecule has 0 fully saturated rings. The molecule has 0 aliphatic rings. The van der Waals surface area contributed by atoms with Crippen molar-refractivity contribution in [1.82, 2.24) is 4.98 Å². The number of rotatable bonds is 1. The molecule has 0 atom stereocenters. The fraction of sp³-hybridized carbons (Fsp3) is 0. The predicted molar refractivity (Wildman–Crippen MR) is 76.1 cm³/mol. The Bertz CT molecular complexity index is 766. The van der Waals surface area contributed by atoms with Crippen LogP contribution >= 0.6 is 15.9 Å². The molecular formula is C15H9BrN2. The largest absolute Gasteiger partial charge is 0.361 e. The molecule has 2 aromatic carbocycles. The van der Waals surface area contributed by atoms with E-state index in [9.17, 15) is 5.26 Å². The summed E-state index contributed by atoms with van der Waals surface area (Å²) >= 11 is 3.54. The van der Waals surface area contributed by atoms with Crippen molar-refractivity contribution in [3.8, 4) is 17.2 Å². The highest BCUT2D eigenvalue weighted by Gasteiger charge is 2.12. The molecule has 0 saturated heterocycles. The third-order valence-electron chi connectivity index (χ3n) is 3.00. The van der Waals surface area contributed by atoms with Gasteiger partial charge >= 0.3 is 0 Å². The van der Waals surface area contributed by atoms with E-state index in [1.54, 1.807) is 0 Å². The van der Waals surface area contributed by atoms with E-state index >= 15 is 0 Å². The van der Waals surface area contributed by atoms with Gasteiger partial charge in [-0.3, -0.25) is 0 Å². The maximum absolute atomic E-state index is 9.25. The van der Waals surface area contributed by atoms with Gasteiger partial charge in [0.05, 0.1) is 11.6 Å². The number of fused-ring (bicyclic) bond motifs is 1. The van der Waals surface area contributed by atoms with Crippen LogP contribution in [0, 0.1) is 11.3 Å². The Hall–Kier alpha value is -2.05. The van der Waals surface area contributed by atoms with Crippen LogP contribution in [0.2, 0.25) is 0 Å². The van der Waals surface area contributed by atoms with Crippen molar-refractivity contribution in [2.75, 3.05) is 0 Å². The normalized spacial score (nSPS) is 10.4. The number of nitrogens with zero attached hydrogens (tertiary/aromatic N) is 1. The summed E-state index contributed by atoms with van der Waals surface area (Å²) in [6.07, 6.45) is 1.91. The number of benzene rings is 2. The molecule has 0 spiro atoms. The van der Waals surface area contributed by atoms with Crippen molar-refractivity contribution in [3.63, 3.8) is 0 Å². The third kappa shape index (κ3) is 1.62. The van der Waals surface area contributed by atoms with E-state index in [2.05, 4.69) is 27.0 Å². The SMILES string of the molecule is N#Cc1cccc(Br)c1-c1cccc2[nH]ccc12. The average Bonchev–Trinajstić information content (AvgIpc) is 2.86. The van der Waals surface area contributed by atoms with Crippen LogP contribution in [-0.4, -0.2) is 4.98 Å². The number of nitrogens with one attached hydrogen (secondary N) is 1. The van der Waals surface area contributed by atoms with Gasteiger partial charge in [0.1, 0.15) is 0 Å². The molecule has 1 N–H and O–H groups in total. The van der Waals surface area contributed by atoms with Crippen molar-refractivity contribution in [2.45, 2.75) is 0 Å². The Morgan fingerprint density at radius 3 is 2.72 bits per heavy atom. The summed E-state index contributed by atoms with van der Waals surface area (Å²) in [5.74, 6) is 0. The summed E-state index contributed by atoms with van der Waals surface area (Å²) in [5, 5.41) is 10.4. The number of hydrogen-bond donors (Lipinski definition) is 1. The summed E-state index contributed by atoms with van der Waals surface area (Å²) in [6.45, 7) is 0. The minimum Gasteiger partial charge on any atom is -0.361 e. The van der Waals surface area contributed by atoms with Gasteiger partial charge in [0.25, 0.3) is 0 Å². The zero-order valence-corrected chi connectivity index (χ0v) is 11.0. The molecule has 3 rings (SSSR count). The standard InChI is InChI=1S/C15H9BrN2/c16-13-5-1-3-10(9-17)15(13)12-4-2-6-14-11(12)7-8-18-14/h1-8,18H. The fourth-order valence-corrected chi connectivity index (χ4v) is 2.77. The number of nitriles is 1. The molecule has 0 saturated carbocycles. The second-order valence-electron chi connectivity index (χ2n) is 4.02. The van der Waals surface area contributed by atoms with Crippen molar-refractivity contribution < 1.29 is 0 Å². The molecule has 1 heterocycles. The summed E-state index contributed by atoms with van der Waals surface area (Å²) in [5.41, 5.74) is 3.77. The molecule has 2 nitrogen and oxygen atoms in total. The predicted octanol–water partition coefficient (Wildman–Crippen LogP) is 4.47. The monoisotopic (exact) mass is 296 g/mol. The van der Waals surface area contributed by atoms with Crippen molar-refractivity contribution in [3.05, 3.63) is 58.7 Å². The molecule has 86 valence electrons. The molecule has 3 heteroatoms. The summed E-state index contributed by atoms with van der Waals surface area (Å²) in [6, 6.07) is 16.0. The first-order valence-electron chi connectivity index (χ1n) is 5.56. The Morgan fingerprint density at radius 2 is 1.89 bits per heavy atom. The number of halogens is 1. The Balaban J connectivity index is 2.40. The lowest BCUT2D eigenvalue weighted by atomic mass is 9.97. The van der Waals surface area contributed by atoms with Gasteiger partial charge in [-0.2, -0.15) is 5.26 Å². The first kappa shape index (κ1) is 11.1. The molecule has 3 aromatic rings. The van der Waals surface area contributed by atoms with Gasteiger partial charge in [-0.05, 0) is 29.8 Å². The first-order valence-corrected chi connectivity index (χ1v) is 6.35. The Labute approximate surface area is 113 Å². The highest BCUT2D eigenvalue weighted by atomic mass is 79.9. The zero-order valence-electron chi connectivity index (χ0n) is 9.44. The van der Waals surface area contributed by atoms with E-state index in [1.165, 1.54) is 0 Å². The maximum atomic E-state index is 9.25. The average molecular weight is 297 g/mol. The smallest absolute Gasteiger partial charge is 0.0998 e. The molecule has 18 heavy (non-hydrogen) atoms. The lowest BCUT2D eigenvalue weighted by molar-refractivity contribution is 1.47. The maximum Gasteiger partial charge on any atom is 0.0998 e.